The van der Waals surface area contributed by atoms with E-state index in [2.05, 4.69) is 0 Å². The number of hydrogen-bond donors (Lipinski definition) is 2. The molecule has 3 nitrogen and oxygen atoms in total. The van der Waals surface area contributed by atoms with Crippen molar-refractivity contribution in [1.29, 1.82) is 0 Å². The van der Waals surface area contributed by atoms with E-state index < -0.39 is 12.2 Å². The first kappa shape index (κ1) is 15.9. The van der Waals surface area contributed by atoms with Crippen LogP contribution in [0.4, 0.5) is 0 Å². The summed E-state index contributed by atoms with van der Waals surface area (Å²) in [5.41, 5.74) is 3.81. The van der Waals surface area contributed by atoms with Gasteiger partial charge in [0.2, 0.25) is 0 Å². The molecule has 23 heavy (non-hydrogen) atoms. The number of aromatic hydroxyl groups is 1. The molecular formula is C20H24O3. The molecule has 0 aromatic heterocycles. The average Bonchev–Trinajstić information content (AvgIpc) is 2.47. The molecule has 0 amide bonds. The predicted molar refractivity (Wildman–Crippen MR) is 93.2 cm³/mol. The third-order valence-electron chi connectivity index (χ3n) is 4.50. The number of aryl methyl sites for hydroxylation is 1. The highest BCUT2D eigenvalue weighted by Crippen LogP contribution is 2.49. The van der Waals surface area contributed by atoms with Gasteiger partial charge in [-0.25, -0.2) is 0 Å². The molecule has 2 aromatic rings. The van der Waals surface area contributed by atoms with E-state index in [0.717, 1.165) is 33.0 Å². The number of phenolic OH excluding ortho intramolecular Hbond substituents is 1. The molecule has 0 saturated carbocycles. The SMILES string of the molecule is CC(C)=CC1Oc2c(O)c(C(C)C)cc3ccc(C)c(c23)C1O. The molecule has 122 valence electrons. The number of benzene rings is 2. The van der Waals surface area contributed by atoms with Crippen molar-refractivity contribution in [1.82, 2.24) is 0 Å². The molecule has 0 saturated heterocycles. The van der Waals surface area contributed by atoms with Crippen molar-refractivity contribution < 1.29 is 14.9 Å². The molecule has 2 unspecified atom stereocenters. The summed E-state index contributed by atoms with van der Waals surface area (Å²) < 4.78 is 6.03. The van der Waals surface area contributed by atoms with Crippen LogP contribution in [0, 0.1) is 6.92 Å². The maximum absolute atomic E-state index is 10.8. The lowest BCUT2D eigenvalue weighted by Crippen LogP contribution is -2.28. The normalized spacial score (nSPS) is 19.8. The lowest BCUT2D eigenvalue weighted by molar-refractivity contribution is 0.0561. The number of phenols is 1. The molecule has 0 bridgehead atoms. The summed E-state index contributed by atoms with van der Waals surface area (Å²) in [6.45, 7) is 10.0. The van der Waals surface area contributed by atoms with E-state index in [1.807, 2.05) is 58.9 Å². The molecule has 0 spiro atoms. The Balaban J connectivity index is 2.36. The highest BCUT2D eigenvalue weighted by atomic mass is 16.5. The van der Waals surface area contributed by atoms with Gasteiger partial charge >= 0.3 is 0 Å². The molecule has 2 N–H and O–H groups in total. The van der Waals surface area contributed by atoms with Gasteiger partial charge in [0.05, 0.1) is 0 Å². The fraction of sp³-hybridized carbons (Fsp3) is 0.400. The molecule has 0 radical (unpaired) electrons. The third kappa shape index (κ3) is 2.49. The second-order valence-electron chi connectivity index (χ2n) is 6.96. The summed E-state index contributed by atoms with van der Waals surface area (Å²) in [5, 5.41) is 23.3. The summed E-state index contributed by atoms with van der Waals surface area (Å²) in [4.78, 5) is 0. The molecule has 2 aromatic carbocycles. The van der Waals surface area contributed by atoms with Gasteiger partial charge in [0.25, 0.3) is 0 Å². The summed E-state index contributed by atoms with van der Waals surface area (Å²) in [6.07, 6.45) is 0.698. The number of hydrogen-bond acceptors (Lipinski definition) is 3. The van der Waals surface area contributed by atoms with Gasteiger partial charge in [-0.1, -0.05) is 31.6 Å². The first-order valence-electron chi connectivity index (χ1n) is 8.10. The van der Waals surface area contributed by atoms with Crippen molar-refractivity contribution in [3.8, 4) is 11.5 Å². The van der Waals surface area contributed by atoms with Crippen LogP contribution in [0.5, 0.6) is 11.5 Å². The maximum atomic E-state index is 10.8. The average molecular weight is 312 g/mol. The minimum Gasteiger partial charge on any atom is -0.504 e. The Kier molecular flexibility index (Phi) is 3.85. The second-order valence-corrected chi connectivity index (χ2v) is 6.96. The minimum atomic E-state index is -0.731. The third-order valence-corrected chi connectivity index (χ3v) is 4.50. The van der Waals surface area contributed by atoms with E-state index >= 15 is 0 Å². The Morgan fingerprint density at radius 1 is 1.26 bits per heavy atom. The predicted octanol–water partition coefficient (Wildman–Crippen LogP) is 4.74. The van der Waals surface area contributed by atoms with E-state index in [4.69, 9.17) is 4.74 Å². The van der Waals surface area contributed by atoms with Crippen LogP contribution in [0.15, 0.2) is 29.8 Å². The molecule has 1 heterocycles. The maximum Gasteiger partial charge on any atom is 0.170 e. The first-order chi connectivity index (χ1) is 10.8. The zero-order chi connectivity index (χ0) is 16.9. The highest BCUT2D eigenvalue weighted by molar-refractivity contribution is 5.96. The molecule has 3 heteroatoms. The van der Waals surface area contributed by atoms with Gasteiger partial charge in [-0.3, -0.25) is 0 Å². The first-order valence-corrected chi connectivity index (χ1v) is 8.10. The quantitative estimate of drug-likeness (QED) is 0.788. The number of rotatable bonds is 2. The number of aliphatic hydroxyl groups excluding tert-OH is 1. The van der Waals surface area contributed by atoms with Crippen LogP contribution >= 0.6 is 0 Å². The largest absolute Gasteiger partial charge is 0.504 e. The van der Waals surface area contributed by atoms with Crippen LogP contribution in [-0.2, 0) is 0 Å². The van der Waals surface area contributed by atoms with Gasteiger partial charge in [-0.2, -0.15) is 0 Å². The van der Waals surface area contributed by atoms with Gasteiger partial charge in [-0.05, 0) is 55.3 Å². The monoisotopic (exact) mass is 312 g/mol. The van der Waals surface area contributed by atoms with Gasteiger partial charge in [0, 0.05) is 10.9 Å². The summed E-state index contributed by atoms with van der Waals surface area (Å²) in [6, 6.07) is 6.05. The summed E-state index contributed by atoms with van der Waals surface area (Å²) in [7, 11) is 0. The van der Waals surface area contributed by atoms with Crippen LogP contribution in [0.2, 0.25) is 0 Å². The van der Waals surface area contributed by atoms with Gasteiger partial charge in [0.15, 0.2) is 11.5 Å². The van der Waals surface area contributed by atoms with Gasteiger partial charge in [0.1, 0.15) is 12.2 Å². The van der Waals surface area contributed by atoms with Gasteiger partial charge in [-0.15, -0.1) is 0 Å². The van der Waals surface area contributed by atoms with Crippen LogP contribution < -0.4 is 4.74 Å². The molecular weight excluding hydrogens is 288 g/mol. The molecule has 2 atom stereocenters. The summed E-state index contributed by atoms with van der Waals surface area (Å²) >= 11 is 0. The van der Waals surface area contributed by atoms with E-state index in [0.29, 0.717) is 5.75 Å². The Morgan fingerprint density at radius 3 is 2.57 bits per heavy atom. The fourth-order valence-corrected chi connectivity index (χ4v) is 3.35. The van der Waals surface area contributed by atoms with Crippen molar-refractivity contribution in [2.75, 3.05) is 0 Å². The van der Waals surface area contributed by atoms with Crippen molar-refractivity contribution in [2.45, 2.75) is 52.7 Å². The van der Waals surface area contributed by atoms with Crippen LogP contribution in [0.3, 0.4) is 0 Å². The molecule has 1 aliphatic rings. The van der Waals surface area contributed by atoms with E-state index in [9.17, 15) is 10.2 Å². The highest BCUT2D eigenvalue weighted by Gasteiger charge is 2.33. The zero-order valence-corrected chi connectivity index (χ0v) is 14.3. The Morgan fingerprint density at radius 2 is 1.96 bits per heavy atom. The molecule has 1 aliphatic heterocycles. The molecule has 0 aliphatic carbocycles. The smallest absolute Gasteiger partial charge is 0.170 e. The van der Waals surface area contributed by atoms with E-state index in [1.165, 1.54) is 0 Å². The zero-order valence-electron chi connectivity index (χ0n) is 14.3. The lowest BCUT2D eigenvalue weighted by Gasteiger charge is -2.32. The Labute approximate surface area is 137 Å². The number of ether oxygens (including phenoxy) is 1. The Bertz CT molecular complexity index is 798. The fourth-order valence-electron chi connectivity index (χ4n) is 3.35. The van der Waals surface area contributed by atoms with Crippen LogP contribution in [-0.4, -0.2) is 16.3 Å². The minimum absolute atomic E-state index is 0.192. The van der Waals surface area contributed by atoms with Crippen LogP contribution in [0.25, 0.3) is 10.8 Å². The topological polar surface area (TPSA) is 49.7 Å². The number of aliphatic hydroxyl groups is 1. The van der Waals surface area contributed by atoms with E-state index in [1.54, 1.807) is 0 Å². The molecule has 0 fully saturated rings. The lowest BCUT2D eigenvalue weighted by atomic mass is 9.87. The van der Waals surface area contributed by atoms with Gasteiger partial charge < -0.3 is 14.9 Å². The van der Waals surface area contributed by atoms with Crippen molar-refractivity contribution in [3.63, 3.8) is 0 Å². The van der Waals surface area contributed by atoms with Crippen LogP contribution in [0.1, 0.15) is 56.4 Å². The van der Waals surface area contributed by atoms with E-state index in [-0.39, 0.29) is 11.7 Å². The molecule has 3 rings (SSSR count). The standard InChI is InChI=1S/C20H24O3/c1-10(2)8-15-19(22)16-12(5)6-7-13-9-14(11(3)4)18(21)20(23-15)17(13)16/h6-9,11,15,19,21-22H,1-5H3. The Hall–Kier alpha value is -2.00. The second kappa shape index (κ2) is 5.57. The van der Waals surface area contributed by atoms with Crippen molar-refractivity contribution >= 4 is 10.8 Å². The van der Waals surface area contributed by atoms with Crippen molar-refractivity contribution in [2.24, 2.45) is 0 Å². The number of allylic oxidation sites excluding steroid dienone is 1. The van der Waals surface area contributed by atoms with Crippen molar-refractivity contribution in [3.05, 3.63) is 46.5 Å². The summed E-state index contributed by atoms with van der Waals surface area (Å²) in [5.74, 6) is 0.883.